The predicted molar refractivity (Wildman–Crippen MR) is 181 cm³/mol. The van der Waals surface area contributed by atoms with Crippen LogP contribution in [-0.4, -0.2) is 68.1 Å². The van der Waals surface area contributed by atoms with Gasteiger partial charge in [-0.1, -0.05) is 78.9 Å². The van der Waals surface area contributed by atoms with Crippen molar-refractivity contribution in [3.05, 3.63) is 113 Å². The van der Waals surface area contributed by atoms with E-state index in [-0.39, 0.29) is 11.6 Å². The number of nitrogens with two attached hydrogens (primary N) is 1. The minimum atomic E-state index is -1.000. The van der Waals surface area contributed by atoms with Crippen molar-refractivity contribution in [2.45, 2.75) is 12.8 Å². The van der Waals surface area contributed by atoms with Crippen LogP contribution in [0, 0.1) is 0 Å². The molecule has 1 aromatic heterocycles. The molecule has 0 radical (unpaired) electrons. The van der Waals surface area contributed by atoms with Gasteiger partial charge in [0.05, 0.1) is 38.6 Å². The summed E-state index contributed by atoms with van der Waals surface area (Å²) in [6, 6.07) is 27.2. The van der Waals surface area contributed by atoms with E-state index in [2.05, 4.69) is 22.4 Å². The van der Waals surface area contributed by atoms with Crippen molar-refractivity contribution in [3.8, 4) is 5.75 Å². The first-order valence-corrected chi connectivity index (χ1v) is 15.4. The van der Waals surface area contributed by atoms with Crippen molar-refractivity contribution in [2.24, 2.45) is 5.73 Å². The van der Waals surface area contributed by atoms with E-state index >= 15 is 0 Å². The van der Waals surface area contributed by atoms with Crippen LogP contribution in [0.4, 0.5) is 0 Å². The third kappa shape index (κ3) is 8.39. The summed E-state index contributed by atoms with van der Waals surface area (Å²) in [6.45, 7) is 3.11. The van der Waals surface area contributed by atoms with Crippen LogP contribution in [-0.2, 0) is 15.9 Å². The Balaban J connectivity index is 1.22. The number of amides is 1. The molecule has 46 heavy (non-hydrogen) atoms. The lowest BCUT2D eigenvalue weighted by atomic mass is 10.0. The van der Waals surface area contributed by atoms with Gasteiger partial charge < -0.3 is 35.4 Å². The van der Waals surface area contributed by atoms with Gasteiger partial charge in [-0.2, -0.15) is 0 Å². The molecule has 0 spiro atoms. The summed E-state index contributed by atoms with van der Waals surface area (Å²) in [6.07, 6.45) is 5.04. The number of aromatic carboxylic acids is 1. The number of aryl methyl sites for hydroxylation is 1. The number of benzene rings is 4. The second-order valence-corrected chi connectivity index (χ2v) is 10.7. The summed E-state index contributed by atoms with van der Waals surface area (Å²) in [5.74, 6) is -0.372. The third-order valence-corrected chi connectivity index (χ3v) is 7.54. The molecule has 0 unspecified atom stereocenters. The summed E-state index contributed by atoms with van der Waals surface area (Å²) in [5.41, 5.74) is 9.30. The number of rotatable bonds is 17. The smallest absolute Gasteiger partial charge is 0.352 e. The molecule has 1 heterocycles. The zero-order chi connectivity index (χ0) is 32.1. The number of carbonyl (C=O) groups excluding carboxylic acids is 1. The number of carboxylic acids is 1. The quantitative estimate of drug-likeness (QED) is 0.0747. The summed E-state index contributed by atoms with van der Waals surface area (Å²) < 4.78 is 16.8. The number of hydrogen-bond donors (Lipinski definition) is 4. The maximum Gasteiger partial charge on any atom is 0.352 e. The number of aromatic amines is 1. The molecule has 0 saturated heterocycles. The van der Waals surface area contributed by atoms with Crippen LogP contribution in [0.1, 0.15) is 44.0 Å². The topological polar surface area (TPSA) is 136 Å². The molecule has 238 valence electrons. The van der Waals surface area contributed by atoms with Crippen molar-refractivity contribution in [1.82, 2.24) is 10.3 Å². The second kappa shape index (κ2) is 16.4. The van der Waals surface area contributed by atoms with E-state index in [0.717, 1.165) is 44.1 Å². The van der Waals surface area contributed by atoms with Gasteiger partial charge in [-0.05, 0) is 53.1 Å². The Kier molecular flexibility index (Phi) is 11.5. The Labute approximate surface area is 268 Å². The van der Waals surface area contributed by atoms with E-state index < -0.39 is 5.97 Å². The maximum atomic E-state index is 12.7. The normalized spacial score (nSPS) is 11.4. The number of para-hydroxylation sites is 1. The fourth-order valence-electron chi connectivity index (χ4n) is 5.34. The van der Waals surface area contributed by atoms with E-state index in [1.165, 1.54) is 0 Å². The minimum absolute atomic E-state index is 0.187. The van der Waals surface area contributed by atoms with Crippen molar-refractivity contribution < 1.29 is 28.9 Å². The summed E-state index contributed by atoms with van der Waals surface area (Å²) >= 11 is 0. The van der Waals surface area contributed by atoms with Crippen molar-refractivity contribution in [3.63, 3.8) is 0 Å². The zero-order valence-corrected chi connectivity index (χ0v) is 25.7. The molecular formula is C37H39N3O6. The molecule has 0 aliphatic carbocycles. The highest BCUT2D eigenvalue weighted by Gasteiger charge is 2.18. The van der Waals surface area contributed by atoms with Gasteiger partial charge in [-0.15, -0.1) is 0 Å². The Morgan fingerprint density at radius 3 is 2.43 bits per heavy atom. The van der Waals surface area contributed by atoms with E-state index in [1.807, 2.05) is 78.9 Å². The van der Waals surface area contributed by atoms with Crippen molar-refractivity contribution >= 4 is 45.7 Å². The largest absolute Gasteiger partial charge is 0.493 e. The van der Waals surface area contributed by atoms with Gasteiger partial charge in [-0.25, -0.2) is 4.79 Å². The molecule has 9 nitrogen and oxygen atoms in total. The average molecular weight is 622 g/mol. The maximum absolute atomic E-state index is 12.7. The lowest BCUT2D eigenvalue weighted by Gasteiger charge is -2.09. The zero-order valence-electron chi connectivity index (χ0n) is 25.7. The van der Waals surface area contributed by atoms with Crippen LogP contribution in [0.25, 0.3) is 33.8 Å². The van der Waals surface area contributed by atoms with E-state index in [0.29, 0.717) is 64.5 Å². The average Bonchev–Trinajstić information content (AvgIpc) is 3.46. The van der Waals surface area contributed by atoms with E-state index in [4.69, 9.17) is 19.9 Å². The van der Waals surface area contributed by atoms with Crippen LogP contribution in [0.2, 0.25) is 0 Å². The Morgan fingerprint density at radius 2 is 1.59 bits per heavy atom. The number of H-pyrrole nitrogens is 1. The Bertz CT molecular complexity index is 1810. The Hall–Kier alpha value is -4.96. The molecule has 0 fully saturated rings. The van der Waals surface area contributed by atoms with E-state index in [9.17, 15) is 14.7 Å². The fourth-order valence-corrected chi connectivity index (χ4v) is 5.34. The molecule has 0 aliphatic rings. The van der Waals surface area contributed by atoms with Gasteiger partial charge in [0.2, 0.25) is 0 Å². The molecule has 5 rings (SSSR count). The highest BCUT2D eigenvalue weighted by Crippen LogP contribution is 2.29. The molecule has 0 atom stereocenters. The molecular weight excluding hydrogens is 582 g/mol. The number of hydrogen-bond acceptors (Lipinski definition) is 6. The lowest BCUT2D eigenvalue weighted by Crippen LogP contribution is -2.27. The third-order valence-electron chi connectivity index (χ3n) is 7.54. The van der Waals surface area contributed by atoms with Gasteiger partial charge in [0.1, 0.15) is 11.4 Å². The first-order valence-electron chi connectivity index (χ1n) is 15.4. The number of carbonyl (C=O) groups is 2. The minimum Gasteiger partial charge on any atom is -0.493 e. The monoisotopic (exact) mass is 621 g/mol. The second-order valence-electron chi connectivity index (χ2n) is 10.7. The first kappa shape index (κ1) is 32.4. The molecule has 0 bridgehead atoms. The first-order chi connectivity index (χ1) is 22.5. The molecule has 9 heteroatoms. The number of nitrogens with one attached hydrogen (secondary N) is 2. The number of carboxylic acid groups (broad SMARTS) is 1. The van der Waals surface area contributed by atoms with Crippen molar-refractivity contribution in [2.75, 3.05) is 46.1 Å². The Morgan fingerprint density at radius 1 is 0.826 bits per heavy atom. The van der Waals surface area contributed by atoms with Crippen LogP contribution >= 0.6 is 0 Å². The fraction of sp³-hybridized carbons (Fsp3) is 0.243. The highest BCUT2D eigenvalue weighted by molar-refractivity contribution is 6.01. The number of ether oxygens (including phenoxy) is 3. The van der Waals surface area contributed by atoms with Crippen LogP contribution in [0.3, 0.4) is 0 Å². The molecule has 4 aromatic carbocycles. The number of aromatic nitrogens is 1. The summed E-state index contributed by atoms with van der Waals surface area (Å²) in [7, 11) is 0. The molecule has 5 N–H and O–H groups in total. The van der Waals surface area contributed by atoms with Gasteiger partial charge in [0.25, 0.3) is 5.91 Å². The SMILES string of the molecule is NCCOCCOCCNC(=O)c1cccc(C=Cc2cccc3c(CCCOc4cccc5ccccc45)c(C(=O)O)[nH]c23)c1. The lowest BCUT2D eigenvalue weighted by molar-refractivity contribution is 0.0511. The van der Waals surface area contributed by atoms with Crippen LogP contribution in [0.15, 0.2) is 84.9 Å². The molecule has 1 amide bonds. The van der Waals surface area contributed by atoms with Gasteiger partial charge in [0.15, 0.2) is 0 Å². The summed E-state index contributed by atoms with van der Waals surface area (Å²) in [5, 5.41) is 15.9. The summed E-state index contributed by atoms with van der Waals surface area (Å²) in [4.78, 5) is 28.0. The van der Waals surface area contributed by atoms with Gasteiger partial charge in [0, 0.05) is 29.4 Å². The molecule has 5 aromatic rings. The molecule has 0 saturated carbocycles. The van der Waals surface area contributed by atoms with E-state index in [1.54, 1.807) is 6.07 Å². The van der Waals surface area contributed by atoms with Crippen molar-refractivity contribution in [1.29, 1.82) is 0 Å². The highest BCUT2D eigenvalue weighted by atomic mass is 16.5. The standard InChI is InChI=1S/C37H39N3O6/c38-18-21-44-23-24-45-22-19-39-36(41)29-11-3-7-26(25-29)16-17-28-10-4-13-31-32(35(37(42)43)40-34(28)31)14-6-20-46-33-15-5-9-27-8-1-2-12-30(27)33/h1-5,7-13,15-17,25,40H,6,14,18-24,38H2,(H,39,41)(H,42,43). The van der Waals surface area contributed by atoms with Gasteiger partial charge in [-0.3, -0.25) is 4.79 Å². The molecule has 0 aliphatic heterocycles. The van der Waals surface area contributed by atoms with Gasteiger partial charge >= 0.3 is 5.97 Å². The number of fused-ring (bicyclic) bond motifs is 2. The van der Waals surface area contributed by atoms with Crippen LogP contribution < -0.4 is 15.8 Å². The predicted octanol–water partition coefficient (Wildman–Crippen LogP) is 5.92. The van der Waals surface area contributed by atoms with Crippen LogP contribution in [0.5, 0.6) is 5.75 Å².